The molecule has 0 spiro atoms. The summed E-state index contributed by atoms with van der Waals surface area (Å²) in [6, 6.07) is 0.478. The van der Waals surface area contributed by atoms with E-state index in [1.165, 1.54) is 24.1 Å². The van der Waals surface area contributed by atoms with Crippen LogP contribution in [0.25, 0.3) is 0 Å². The molecule has 1 atom stereocenters. The molecule has 0 bridgehead atoms. The van der Waals surface area contributed by atoms with E-state index >= 15 is 0 Å². The van der Waals surface area contributed by atoms with Crippen LogP contribution in [0.5, 0.6) is 0 Å². The first-order valence-electron chi connectivity index (χ1n) is 4.98. The van der Waals surface area contributed by atoms with Crippen LogP contribution in [0.1, 0.15) is 37.1 Å². The van der Waals surface area contributed by atoms with Crippen molar-refractivity contribution in [2.75, 3.05) is 6.54 Å². The Kier molecular flexibility index (Phi) is 2.96. The highest BCUT2D eigenvalue weighted by atomic mass is 32.1. The number of nitrogens with zero attached hydrogens (tertiary/aromatic N) is 1. The molecule has 13 heavy (non-hydrogen) atoms. The Morgan fingerprint density at radius 3 is 3.15 bits per heavy atom. The lowest BCUT2D eigenvalue weighted by Crippen LogP contribution is -2.19. The molecule has 0 amide bonds. The maximum Gasteiger partial charge on any atom is 0.0794 e. The quantitative estimate of drug-likeness (QED) is 0.783. The van der Waals surface area contributed by atoms with E-state index in [4.69, 9.17) is 0 Å². The number of hydrogen-bond donors (Lipinski definition) is 1. The summed E-state index contributed by atoms with van der Waals surface area (Å²) < 4.78 is 0. The van der Waals surface area contributed by atoms with E-state index in [0.717, 1.165) is 12.5 Å². The van der Waals surface area contributed by atoms with Crippen LogP contribution in [-0.2, 0) is 0 Å². The molecule has 2 rings (SSSR count). The third kappa shape index (κ3) is 2.78. The van der Waals surface area contributed by atoms with Gasteiger partial charge in [-0.15, -0.1) is 11.3 Å². The zero-order valence-electron chi connectivity index (χ0n) is 7.99. The normalized spacial score (nSPS) is 18.8. The van der Waals surface area contributed by atoms with Crippen molar-refractivity contribution < 1.29 is 0 Å². The van der Waals surface area contributed by atoms with Crippen molar-refractivity contribution in [2.24, 2.45) is 5.92 Å². The van der Waals surface area contributed by atoms with Gasteiger partial charge in [-0.3, -0.25) is 4.98 Å². The molecule has 1 unspecified atom stereocenters. The first-order valence-corrected chi connectivity index (χ1v) is 5.86. The average Bonchev–Trinajstić information content (AvgIpc) is 2.80. The molecule has 72 valence electrons. The van der Waals surface area contributed by atoms with Gasteiger partial charge in [0.2, 0.25) is 0 Å². The topological polar surface area (TPSA) is 24.9 Å². The first-order chi connectivity index (χ1) is 6.36. The summed E-state index contributed by atoms with van der Waals surface area (Å²) in [4.78, 5) is 5.42. The minimum atomic E-state index is 0.478. The predicted molar refractivity (Wildman–Crippen MR) is 55.9 cm³/mol. The second kappa shape index (κ2) is 4.20. The van der Waals surface area contributed by atoms with Gasteiger partial charge in [-0.05, 0) is 25.8 Å². The monoisotopic (exact) mass is 196 g/mol. The third-order valence-corrected chi connectivity index (χ3v) is 3.54. The van der Waals surface area contributed by atoms with E-state index in [1.54, 1.807) is 11.3 Å². The maximum atomic E-state index is 4.08. The maximum absolute atomic E-state index is 4.08. The van der Waals surface area contributed by atoms with Gasteiger partial charge in [-0.1, -0.05) is 12.8 Å². The second-order valence-corrected chi connectivity index (χ2v) is 4.73. The van der Waals surface area contributed by atoms with E-state index in [1.807, 2.05) is 11.7 Å². The molecule has 1 aliphatic carbocycles. The number of rotatable bonds is 5. The molecular formula is C10H16N2S. The molecule has 3 heteroatoms. The summed E-state index contributed by atoms with van der Waals surface area (Å²) in [7, 11) is 0. The molecule has 1 heterocycles. The SMILES string of the molecule is CC(NCCC1CC1)c1cncs1. The van der Waals surface area contributed by atoms with Crippen molar-refractivity contribution in [1.29, 1.82) is 0 Å². The van der Waals surface area contributed by atoms with Crippen LogP contribution < -0.4 is 5.32 Å². The molecule has 0 aliphatic heterocycles. The molecule has 0 aromatic carbocycles. The van der Waals surface area contributed by atoms with Gasteiger partial charge in [0, 0.05) is 17.1 Å². The summed E-state index contributed by atoms with van der Waals surface area (Å²) >= 11 is 1.73. The van der Waals surface area contributed by atoms with Crippen molar-refractivity contribution in [3.8, 4) is 0 Å². The van der Waals surface area contributed by atoms with Crippen LogP contribution >= 0.6 is 11.3 Å². The van der Waals surface area contributed by atoms with Crippen LogP contribution in [0.4, 0.5) is 0 Å². The molecule has 0 saturated heterocycles. The molecule has 1 aromatic heterocycles. The fourth-order valence-electron chi connectivity index (χ4n) is 1.45. The van der Waals surface area contributed by atoms with Crippen molar-refractivity contribution in [3.05, 3.63) is 16.6 Å². The van der Waals surface area contributed by atoms with Gasteiger partial charge in [0.1, 0.15) is 0 Å². The van der Waals surface area contributed by atoms with Gasteiger partial charge in [0.05, 0.1) is 5.51 Å². The number of nitrogens with one attached hydrogen (secondary N) is 1. The lowest BCUT2D eigenvalue weighted by atomic mass is 10.2. The molecule has 1 aliphatic rings. The minimum Gasteiger partial charge on any atom is -0.309 e. The Labute approximate surface area is 83.4 Å². The fraction of sp³-hybridized carbons (Fsp3) is 0.700. The van der Waals surface area contributed by atoms with Crippen LogP contribution in [0.2, 0.25) is 0 Å². The Bertz CT molecular complexity index is 241. The zero-order valence-corrected chi connectivity index (χ0v) is 8.81. The lowest BCUT2D eigenvalue weighted by molar-refractivity contribution is 0.545. The smallest absolute Gasteiger partial charge is 0.0794 e. The van der Waals surface area contributed by atoms with Crippen LogP contribution in [0, 0.1) is 5.92 Å². The van der Waals surface area contributed by atoms with Crippen molar-refractivity contribution in [1.82, 2.24) is 10.3 Å². The van der Waals surface area contributed by atoms with Gasteiger partial charge < -0.3 is 5.32 Å². The minimum absolute atomic E-state index is 0.478. The van der Waals surface area contributed by atoms with Gasteiger partial charge in [-0.2, -0.15) is 0 Å². The highest BCUT2D eigenvalue weighted by Gasteiger charge is 2.20. The summed E-state index contributed by atoms with van der Waals surface area (Å²) in [6.45, 7) is 3.37. The molecular weight excluding hydrogens is 180 g/mol. The van der Waals surface area contributed by atoms with Crippen LogP contribution in [-0.4, -0.2) is 11.5 Å². The molecule has 1 saturated carbocycles. The second-order valence-electron chi connectivity index (χ2n) is 3.81. The fourth-order valence-corrected chi connectivity index (χ4v) is 2.10. The summed E-state index contributed by atoms with van der Waals surface area (Å²) in [5, 5.41) is 3.53. The van der Waals surface area contributed by atoms with Gasteiger partial charge in [0.25, 0.3) is 0 Å². The molecule has 1 N–H and O–H groups in total. The molecule has 0 radical (unpaired) electrons. The molecule has 1 fully saturated rings. The van der Waals surface area contributed by atoms with Gasteiger partial charge in [-0.25, -0.2) is 0 Å². The van der Waals surface area contributed by atoms with Crippen molar-refractivity contribution in [3.63, 3.8) is 0 Å². The highest BCUT2D eigenvalue weighted by Crippen LogP contribution is 2.32. The van der Waals surface area contributed by atoms with E-state index in [-0.39, 0.29) is 0 Å². The van der Waals surface area contributed by atoms with E-state index in [0.29, 0.717) is 6.04 Å². The highest BCUT2D eigenvalue weighted by molar-refractivity contribution is 7.09. The zero-order chi connectivity index (χ0) is 9.10. The van der Waals surface area contributed by atoms with E-state index in [9.17, 15) is 0 Å². The van der Waals surface area contributed by atoms with Gasteiger partial charge >= 0.3 is 0 Å². The van der Waals surface area contributed by atoms with Crippen LogP contribution in [0.15, 0.2) is 11.7 Å². The Morgan fingerprint density at radius 1 is 1.69 bits per heavy atom. The third-order valence-electron chi connectivity index (χ3n) is 2.58. The van der Waals surface area contributed by atoms with Crippen LogP contribution in [0.3, 0.4) is 0 Å². The van der Waals surface area contributed by atoms with E-state index < -0.39 is 0 Å². The Hall–Kier alpha value is -0.410. The summed E-state index contributed by atoms with van der Waals surface area (Å²) in [5.74, 6) is 1.03. The lowest BCUT2D eigenvalue weighted by Gasteiger charge is -2.10. The number of thiazole rings is 1. The Morgan fingerprint density at radius 2 is 2.54 bits per heavy atom. The Balaban J connectivity index is 1.68. The first kappa shape index (κ1) is 9.16. The van der Waals surface area contributed by atoms with Crippen molar-refractivity contribution >= 4 is 11.3 Å². The number of aromatic nitrogens is 1. The standard InChI is InChI=1S/C10H16N2S/c1-8(10-6-11-7-13-10)12-5-4-9-2-3-9/h6-9,12H,2-5H2,1H3. The predicted octanol–water partition coefficient (Wildman–Crippen LogP) is 2.59. The van der Waals surface area contributed by atoms with Gasteiger partial charge in [0.15, 0.2) is 0 Å². The summed E-state index contributed by atoms with van der Waals surface area (Å²) in [6.07, 6.45) is 6.22. The largest absolute Gasteiger partial charge is 0.309 e. The molecule has 2 nitrogen and oxygen atoms in total. The number of hydrogen-bond acceptors (Lipinski definition) is 3. The van der Waals surface area contributed by atoms with E-state index in [2.05, 4.69) is 17.2 Å². The molecule has 1 aromatic rings. The summed E-state index contributed by atoms with van der Waals surface area (Å²) in [5.41, 5.74) is 1.90. The average molecular weight is 196 g/mol. The van der Waals surface area contributed by atoms with Crippen molar-refractivity contribution in [2.45, 2.75) is 32.2 Å².